The first-order valence-electron chi connectivity index (χ1n) is 6.27. The van der Waals surface area contributed by atoms with Crippen LogP contribution in [0.25, 0.3) is 0 Å². The van der Waals surface area contributed by atoms with Gasteiger partial charge in [-0.1, -0.05) is 12.1 Å². The van der Waals surface area contributed by atoms with Crippen LogP contribution in [0.2, 0.25) is 0 Å². The van der Waals surface area contributed by atoms with E-state index in [0.29, 0.717) is 0 Å². The molecule has 0 spiro atoms. The summed E-state index contributed by atoms with van der Waals surface area (Å²) in [6.07, 6.45) is 0.205. The molecule has 0 aliphatic carbocycles. The van der Waals surface area contributed by atoms with Crippen LogP contribution in [0.1, 0.15) is 16.8 Å². The van der Waals surface area contributed by atoms with Gasteiger partial charge < -0.3 is 5.11 Å². The number of nitrogens with zero attached hydrogens (tertiary/aromatic N) is 1. The van der Waals surface area contributed by atoms with Gasteiger partial charge in [0.1, 0.15) is 0 Å². The minimum Gasteiger partial charge on any atom is -0.478 e. The monoisotopic (exact) mass is 333 g/mol. The van der Waals surface area contributed by atoms with Crippen LogP contribution in [0, 0.1) is 0 Å². The average Bonchev–Trinajstić information content (AvgIpc) is 2.60. The summed E-state index contributed by atoms with van der Waals surface area (Å²) in [5.41, 5.74) is -0.315. The van der Waals surface area contributed by atoms with Crippen LogP contribution in [0.3, 0.4) is 0 Å². The molecule has 0 aromatic heterocycles. The van der Waals surface area contributed by atoms with Crippen molar-refractivity contribution in [1.29, 1.82) is 0 Å². The van der Waals surface area contributed by atoms with Crippen LogP contribution >= 0.6 is 0 Å². The zero-order valence-electron chi connectivity index (χ0n) is 11.1. The lowest BCUT2D eigenvalue weighted by Gasteiger charge is -2.20. The fourth-order valence-electron chi connectivity index (χ4n) is 2.16. The molecule has 21 heavy (non-hydrogen) atoms. The molecule has 0 unspecified atom stereocenters. The molecule has 116 valence electrons. The summed E-state index contributed by atoms with van der Waals surface area (Å²) in [5, 5.41) is 9.09. The van der Waals surface area contributed by atoms with E-state index in [9.17, 15) is 21.6 Å². The van der Waals surface area contributed by atoms with Gasteiger partial charge in [-0.15, -0.1) is 0 Å². The number of sulfonamides is 1. The summed E-state index contributed by atoms with van der Waals surface area (Å²) >= 11 is 0. The summed E-state index contributed by atoms with van der Waals surface area (Å²) in [6.45, 7) is -0.0892. The Bertz CT molecular complexity index is 754. The number of benzene rings is 1. The number of carboxylic acid groups (broad SMARTS) is 1. The standard InChI is InChI=1S/C12H15NO6S2/c14-12(15)10-4-1-2-5-11(10)21(18,19)13-6-3-8-20(16,17)9-7-13/h1-2,4-5H,3,6-9H2,(H,14,15). The van der Waals surface area contributed by atoms with Gasteiger partial charge in [-0.3, -0.25) is 0 Å². The van der Waals surface area contributed by atoms with Crippen LogP contribution in [0.4, 0.5) is 0 Å². The van der Waals surface area contributed by atoms with E-state index in [1.807, 2.05) is 0 Å². The van der Waals surface area contributed by atoms with E-state index in [4.69, 9.17) is 5.11 Å². The van der Waals surface area contributed by atoms with Gasteiger partial charge in [0.25, 0.3) is 0 Å². The minimum atomic E-state index is -4.02. The Labute approximate surface area is 123 Å². The first-order valence-corrected chi connectivity index (χ1v) is 9.53. The van der Waals surface area contributed by atoms with Crippen molar-refractivity contribution >= 4 is 25.8 Å². The highest BCUT2D eigenvalue weighted by atomic mass is 32.2. The fourth-order valence-corrected chi connectivity index (χ4v) is 5.21. The molecule has 2 rings (SSSR count). The van der Waals surface area contributed by atoms with Crippen molar-refractivity contribution in [2.75, 3.05) is 24.6 Å². The molecule has 1 saturated heterocycles. The Balaban J connectivity index is 2.41. The van der Waals surface area contributed by atoms with Gasteiger partial charge in [0.15, 0.2) is 9.84 Å². The fraction of sp³-hybridized carbons (Fsp3) is 0.417. The lowest BCUT2D eigenvalue weighted by molar-refractivity contribution is 0.0692. The van der Waals surface area contributed by atoms with Crippen LogP contribution in [-0.2, 0) is 19.9 Å². The largest absolute Gasteiger partial charge is 0.478 e. The predicted molar refractivity (Wildman–Crippen MR) is 75.4 cm³/mol. The first-order chi connectivity index (χ1) is 9.74. The SMILES string of the molecule is O=C(O)c1ccccc1S(=O)(=O)N1CCCS(=O)(=O)CC1. The van der Waals surface area contributed by atoms with Crippen LogP contribution < -0.4 is 0 Å². The highest BCUT2D eigenvalue weighted by molar-refractivity contribution is 7.91. The molecule has 1 aliphatic heterocycles. The van der Waals surface area contributed by atoms with Gasteiger partial charge in [0.2, 0.25) is 10.0 Å². The highest BCUT2D eigenvalue weighted by Crippen LogP contribution is 2.22. The third kappa shape index (κ3) is 3.42. The summed E-state index contributed by atoms with van der Waals surface area (Å²) in [5.74, 6) is -1.64. The van der Waals surface area contributed by atoms with Gasteiger partial charge in [0, 0.05) is 13.1 Å². The molecular weight excluding hydrogens is 318 g/mol. The van der Waals surface area contributed by atoms with Gasteiger partial charge in [-0.05, 0) is 18.6 Å². The topological polar surface area (TPSA) is 109 Å². The summed E-state index contributed by atoms with van der Waals surface area (Å²) < 4.78 is 49.2. The Kier molecular flexibility index (Phi) is 4.35. The molecule has 1 aliphatic rings. The normalized spacial score (nSPS) is 19.8. The molecule has 9 heteroatoms. The second-order valence-electron chi connectivity index (χ2n) is 4.71. The number of aromatic carboxylic acids is 1. The zero-order valence-corrected chi connectivity index (χ0v) is 12.7. The lowest BCUT2D eigenvalue weighted by atomic mass is 10.2. The van der Waals surface area contributed by atoms with E-state index >= 15 is 0 Å². The molecule has 0 saturated carbocycles. The number of sulfone groups is 1. The minimum absolute atomic E-state index is 0.0560. The molecule has 0 radical (unpaired) electrons. The average molecular weight is 333 g/mol. The molecular formula is C12H15NO6S2. The van der Waals surface area contributed by atoms with Crippen molar-refractivity contribution in [2.24, 2.45) is 0 Å². The van der Waals surface area contributed by atoms with Gasteiger partial charge in [0.05, 0.1) is 22.0 Å². The van der Waals surface area contributed by atoms with Crippen LogP contribution in [0.15, 0.2) is 29.2 Å². The van der Waals surface area contributed by atoms with E-state index in [2.05, 4.69) is 0 Å². The van der Waals surface area contributed by atoms with Crippen molar-refractivity contribution < 1.29 is 26.7 Å². The maximum atomic E-state index is 12.5. The number of hydrogen-bond donors (Lipinski definition) is 1. The molecule has 1 heterocycles. The molecule has 7 nitrogen and oxygen atoms in total. The second-order valence-corrected chi connectivity index (χ2v) is 8.92. The predicted octanol–water partition coefficient (Wildman–Crippen LogP) is 0.194. The third-order valence-corrected chi connectivity index (χ3v) is 6.92. The van der Waals surface area contributed by atoms with Gasteiger partial charge >= 0.3 is 5.97 Å². The number of carboxylic acids is 1. The van der Waals surface area contributed by atoms with E-state index < -0.39 is 25.8 Å². The van der Waals surface area contributed by atoms with Crippen molar-refractivity contribution in [3.63, 3.8) is 0 Å². The quantitative estimate of drug-likeness (QED) is 0.846. The van der Waals surface area contributed by atoms with E-state index in [1.54, 1.807) is 0 Å². The molecule has 0 atom stereocenters. The summed E-state index contributed by atoms with van der Waals surface area (Å²) in [4.78, 5) is 10.8. The Morgan fingerprint density at radius 3 is 2.48 bits per heavy atom. The van der Waals surface area contributed by atoms with E-state index in [1.165, 1.54) is 24.3 Å². The number of rotatable bonds is 3. The molecule has 1 aromatic rings. The zero-order chi connectivity index (χ0) is 15.7. The first kappa shape index (κ1) is 15.9. The molecule has 1 fully saturated rings. The highest BCUT2D eigenvalue weighted by Gasteiger charge is 2.31. The van der Waals surface area contributed by atoms with Crippen molar-refractivity contribution in [3.05, 3.63) is 29.8 Å². The maximum Gasteiger partial charge on any atom is 0.337 e. The number of carbonyl (C=O) groups is 1. The van der Waals surface area contributed by atoms with E-state index in [0.717, 1.165) is 4.31 Å². The van der Waals surface area contributed by atoms with E-state index in [-0.39, 0.29) is 41.5 Å². The van der Waals surface area contributed by atoms with Crippen molar-refractivity contribution in [1.82, 2.24) is 4.31 Å². The number of hydrogen-bond acceptors (Lipinski definition) is 5. The molecule has 0 amide bonds. The smallest absolute Gasteiger partial charge is 0.337 e. The Hall–Kier alpha value is -1.45. The summed E-state index contributed by atoms with van der Waals surface area (Å²) in [7, 11) is -7.27. The third-order valence-electron chi connectivity index (χ3n) is 3.25. The van der Waals surface area contributed by atoms with Gasteiger partial charge in [-0.25, -0.2) is 21.6 Å². The van der Waals surface area contributed by atoms with Crippen molar-refractivity contribution in [3.8, 4) is 0 Å². The van der Waals surface area contributed by atoms with Crippen LogP contribution in [-0.4, -0.2) is 56.8 Å². The lowest BCUT2D eigenvalue weighted by Crippen LogP contribution is -2.34. The van der Waals surface area contributed by atoms with Crippen LogP contribution in [0.5, 0.6) is 0 Å². The van der Waals surface area contributed by atoms with Crippen molar-refractivity contribution in [2.45, 2.75) is 11.3 Å². The van der Waals surface area contributed by atoms with Gasteiger partial charge in [-0.2, -0.15) is 4.31 Å². The second kappa shape index (κ2) is 5.74. The summed E-state index contributed by atoms with van der Waals surface area (Å²) in [6, 6.07) is 5.31. The molecule has 1 aromatic carbocycles. The Morgan fingerprint density at radius 1 is 1.14 bits per heavy atom. The maximum absolute atomic E-state index is 12.5. The Morgan fingerprint density at radius 2 is 1.81 bits per heavy atom. The molecule has 1 N–H and O–H groups in total. The molecule has 0 bridgehead atoms.